The largest absolute Gasteiger partial charge is 0.392 e. The van der Waals surface area contributed by atoms with Gasteiger partial charge in [0.15, 0.2) is 0 Å². The molecule has 0 aromatic rings. The van der Waals surface area contributed by atoms with Gasteiger partial charge >= 0.3 is 0 Å². The first-order chi connectivity index (χ1) is 7.77. The van der Waals surface area contributed by atoms with Crippen LogP contribution in [0.15, 0.2) is 0 Å². The fraction of sp³-hybridized carbons (Fsp3) is 0.846. The van der Waals surface area contributed by atoms with E-state index in [4.69, 9.17) is 9.47 Å². The molecule has 0 aromatic heterocycles. The summed E-state index contributed by atoms with van der Waals surface area (Å²) in [5, 5.41) is 9.76. The smallest absolute Gasteiger partial charge is 0.222 e. The van der Waals surface area contributed by atoms with Crippen LogP contribution in [0.4, 0.5) is 0 Å². The number of aliphatic hydroxyl groups is 1. The van der Waals surface area contributed by atoms with Gasteiger partial charge in [0.2, 0.25) is 6.29 Å². The van der Waals surface area contributed by atoms with Crippen molar-refractivity contribution in [1.29, 1.82) is 0 Å². The molecule has 0 saturated heterocycles. The van der Waals surface area contributed by atoms with Gasteiger partial charge < -0.3 is 14.6 Å². The van der Waals surface area contributed by atoms with Crippen LogP contribution < -0.4 is 0 Å². The lowest BCUT2D eigenvalue weighted by Gasteiger charge is -2.23. The molecule has 2 atom stereocenters. The minimum Gasteiger partial charge on any atom is -0.392 e. The number of hydrogen-bond donors (Lipinski definition) is 1. The number of hydrogen-bond acceptors (Lipinski definition) is 3. The molecule has 1 aliphatic carbocycles. The zero-order valence-electron chi connectivity index (χ0n) is 10.2. The highest BCUT2D eigenvalue weighted by Crippen LogP contribution is 2.23. The highest BCUT2D eigenvalue weighted by molar-refractivity contribution is 5.09. The van der Waals surface area contributed by atoms with Gasteiger partial charge in [-0.1, -0.05) is 18.8 Å². The van der Waals surface area contributed by atoms with Crippen LogP contribution in [-0.4, -0.2) is 30.7 Å². The van der Waals surface area contributed by atoms with E-state index in [1.165, 1.54) is 0 Å². The van der Waals surface area contributed by atoms with Crippen molar-refractivity contribution in [2.24, 2.45) is 5.92 Å². The highest BCUT2D eigenvalue weighted by atomic mass is 16.7. The Balaban J connectivity index is 2.47. The Morgan fingerprint density at radius 3 is 2.38 bits per heavy atom. The van der Waals surface area contributed by atoms with Crippen LogP contribution in [0.1, 0.15) is 39.5 Å². The Kier molecular flexibility index (Phi) is 6.47. The van der Waals surface area contributed by atoms with E-state index in [-0.39, 0.29) is 12.0 Å². The standard InChI is InChI=1S/C13H22O3/c1-3-15-13(16-4-2)10-9-11-7-5-6-8-12(11)14/h11-14H,3-8H2,1-2H3. The van der Waals surface area contributed by atoms with Gasteiger partial charge in [0.1, 0.15) is 0 Å². The van der Waals surface area contributed by atoms with Crippen molar-refractivity contribution in [3.8, 4) is 11.8 Å². The molecule has 1 saturated carbocycles. The third-order valence-corrected chi connectivity index (χ3v) is 2.75. The Hall–Kier alpha value is -0.560. The lowest BCUT2D eigenvalue weighted by atomic mass is 9.87. The first-order valence-electron chi connectivity index (χ1n) is 6.20. The van der Waals surface area contributed by atoms with Gasteiger partial charge in [0.05, 0.1) is 6.10 Å². The first-order valence-corrected chi connectivity index (χ1v) is 6.20. The van der Waals surface area contributed by atoms with Gasteiger partial charge in [-0.15, -0.1) is 0 Å². The molecular formula is C13H22O3. The summed E-state index contributed by atoms with van der Waals surface area (Å²) in [6, 6.07) is 0. The second-order valence-corrected chi connectivity index (χ2v) is 3.99. The van der Waals surface area contributed by atoms with E-state index in [2.05, 4.69) is 11.8 Å². The van der Waals surface area contributed by atoms with Crippen molar-refractivity contribution >= 4 is 0 Å². The monoisotopic (exact) mass is 226 g/mol. The molecule has 1 rings (SSSR count). The molecule has 0 aliphatic heterocycles. The van der Waals surface area contributed by atoms with Crippen molar-refractivity contribution in [2.45, 2.75) is 51.9 Å². The van der Waals surface area contributed by atoms with E-state index in [9.17, 15) is 5.11 Å². The summed E-state index contributed by atoms with van der Waals surface area (Å²) >= 11 is 0. The van der Waals surface area contributed by atoms with Gasteiger partial charge in [-0.25, -0.2) is 0 Å². The minimum atomic E-state index is -0.441. The molecule has 1 fully saturated rings. The number of ether oxygens (including phenoxy) is 2. The van der Waals surface area contributed by atoms with Crippen LogP contribution in [0.2, 0.25) is 0 Å². The molecule has 0 spiro atoms. The first kappa shape index (κ1) is 13.5. The van der Waals surface area contributed by atoms with Crippen LogP contribution in [0, 0.1) is 17.8 Å². The van der Waals surface area contributed by atoms with Gasteiger partial charge in [-0.3, -0.25) is 0 Å². The Bertz CT molecular complexity index is 235. The molecule has 0 bridgehead atoms. The van der Waals surface area contributed by atoms with Crippen LogP contribution in [0.25, 0.3) is 0 Å². The van der Waals surface area contributed by atoms with E-state index in [1.54, 1.807) is 0 Å². The number of aliphatic hydroxyl groups excluding tert-OH is 1. The van der Waals surface area contributed by atoms with E-state index in [0.29, 0.717) is 13.2 Å². The van der Waals surface area contributed by atoms with Gasteiger partial charge in [0.25, 0.3) is 0 Å². The molecule has 3 heteroatoms. The molecule has 2 unspecified atom stereocenters. The molecule has 0 radical (unpaired) electrons. The topological polar surface area (TPSA) is 38.7 Å². The Morgan fingerprint density at radius 2 is 1.81 bits per heavy atom. The summed E-state index contributed by atoms with van der Waals surface area (Å²) in [5.74, 6) is 6.15. The summed E-state index contributed by atoms with van der Waals surface area (Å²) in [5.41, 5.74) is 0. The van der Waals surface area contributed by atoms with E-state index in [0.717, 1.165) is 25.7 Å². The predicted molar refractivity (Wildman–Crippen MR) is 62.8 cm³/mol. The van der Waals surface area contributed by atoms with Crippen LogP contribution in [-0.2, 0) is 9.47 Å². The summed E-state index contributed by atoms with van der Waals surface area (Å²) in [6.07, 6.45) is 3.41. The summed E-state index contributed by atoms with van der Waals surface area (Å²) in [4.78, 5) is 0. The highest BCUT2D eigenvalue weighted by Gasteiger charge is 2.21. The molecule has 16 heavy (non-hydrogen) atoms. The van der Waals surface area contributed by atoms with E-state index in [1.807, 2.05) is 13.8 Å². The third-order valence-electron chi connectivity index (χ3n) is 2.75. The average Bonchev–Trinajstić information content (AvgIpc) is 2.28. The summed E-state index contributed by atoms with van der Waals surface area (Å²) in [6.45, 7) is 5.02. The molecule has 92 valence electrons. The fourth-order valence-corrected chi connectivity index (χ4v) is 1.89. The maximum absolute atomic E-state index is 9.76. The SMILES string of the molecule is CCOC(C#CC1CCCCC1O)OCC. The van der Waals surface area contributed by atoms with Crippen molar-refractivity contribution in [3.63, 3.8) is 0 Å². The average molecular weight is 226 g/mol. The molecule has 0 aromatic carbocycles. The number of rotatable bonds is 4. The maximum atomic E-state index is 9.76. The molecule has 0 heterocycles. The normalized spacial score (nSPS) is 25.2. The van der Waals surface area contributed by atoms with Crippen LogP contribution >= 0.6 is 0 Å². The van der Waals surface area contributed by atoms with Gasteiger partial charge in [0, 0.05) is 19.1 Å². The quantitative estimate of drug-likeness (QED) is 0.588. The molecule has 1 aliphatic rings. The van der Waals surface area contributed by atoms with Gasteiger partial charge in [-0.2, -0.15) is 0 Å². The van der Waals surface area contributed by atoms with Crippen molar-refractivity contribution in [1.82, 2.24) is 0 Å². The summed E-state index contributed by atoms with van der Waals surface area (Å²) in [7, 11) is 0. The molecule has 3 nitrogen and oxygen atoms in total. The zero-order chi connectivity index (χ0) is 11.8. The van der Waals surface area contributed by atoms with Crippen molar-refractivity contribution in [2.75, 3.05) is 13.2 Å². The molecule has 0 amide bonds. The van der Waals surface area contributed by atoms with E-state index < -0.39 is 6.29 Å². The van der Waals surface area contributed by atoms with Crippen LogP contribution in [0.5, 0.6) is 0 Å². The molecular weight excluding hydrogens is 204 g/mol. The Morgan fingerprint density at radius 1 is 1.19 bits per heavy atom. The fourth-order valence-electron chi connectivity index (χ4n) is 1.89. The lowest BCUT2D eigenvalue weighted by Crippen LogP contribution is -2.23. The van der Waals surface area contributed by atoms with E-state index >= 15 is 0 Å². The maximum Gasteiger partial charge on any atom is 0.222 e. The van der Waals surface area contributed by atoms with Crippen LogP contribution in [0.3, 0.4) is 0 Å². The minimum absolute atomic E-state index is 0.0946. The second kappa shape index (κ2) is 7.67. The Labute approximate surface area is 98.1 Å². The molecule has 1 N–H and O–H groups in total. The van der Waals surface area contributed by atoms with Crippen molar-refractivity contribution < 1.29 is 14.6 Å². The third kappa shape index (κ3) is 4.52. The zero-order valence-corrected chi connectivity index (χ0v) is 10.2. The second-order valence-electron chi connectivity index (χ2n) is 3.99. The lowest BCUT2D eigenvalue weighted by molar-refractivity contribution is -0.0971. The van der Waals surface area contributed by atoms with Gasteiger partial charge in [-0.05, 0) is 32.6 Å². The predicted octanol–water partition coefficient (Wildman–Crippen LogP) is 1.94. The summed E-state index contributed by atoms with van der Waals surface area (Å²) < 4.78 is 10.7. The van der Waals surface area contributed by atoms with Crippen molar-refractivity contribution in [3.05, 3.63) is 0 Å².